The smallest absolute Gasteiger partial charge is 0.193 e. The molecule has 2 heterocycles. The summed E-state index contributed by atoms with van der Waals surface area (Å²) in [4.78, 5) is 8.18. The zero-order valence-corrected chi connectivity index (χ0v) is 12.4. The Hall–Kier alpha value is -1.03. The monoisotopic (exact) mass is 265 g/mol. The molecule has 18 heavy (non-hydrogen) atoms. The van der Waals surface area contributed by atoms with Gasteiger partial charge < -0.3 is 10.2 Å². The highest BCUT2D eigenvalue weighted by Gasteiger charge is 2.18. The zero-order chi connectivity index (χ0) is 13.0. The van der Waals surface area contributed by atoms with Gasteiger partial charge in [-0.15, -0.1) is 11.3 Å². The van der Waals surface area contributed by atoms with Crippen LogP contribution in [0.3, 0.4) is 0 Å². The Morgan fingerprint density at radius 3 is 2.78 bits per heavy atom. The van der Waals surface area contributed by atoms with Gasteiger partial charge in [-0.1, -0.05) is 6.92 Å². The van der Waals surface area contributed by atoms with Gasteiger partial charge in [-0.3, -0.25) is 4.99 Å². The second-order valence-corrected chi connectivity index (χ2v) is 6.10. The van der Waals surface area contributed by atoms with Crippen molar-refractivity contribution in [2.45, 2.75) is 33.2 Å². The summed E-state index contributed by atoms with van der Waals surface area (Å²) >= 11 is 1.81. The van der Waals surface area contributed by atoms with Crippen LogP contribution in [0.2, 0.25) is 0 Å². The summed E-state index contributed by atoms with van der Waals surface area (Å²) in [6.07, 6.45) is 2.55. The molecule has 0 atom stereocenters. The predicted molar refractivity (Wildman–Crippen MR) is 79.2 cm³/mol. The fraction of sp³-hybridized carbons (Fsp3) is 0.643. The number of aryl methyl sites for hydroxylation is 1. The minimum atomic E-state index is 0.860. The van der Waals surface area contributed by atoms with Crippen molar-refractivity contribution in [2.75, 3.05) is 20.1 Å². The van der Waals surface area contributed by atoms with Crippen molar-refractivity contribution in [1.29, 1.82) is 0 Å². The number of likely N-dealkylation sites (tertiary alicyclic amines) is 1. The van der Waals surface area contributed by atoms with Crippen molar-refractivity contribution in [3.05, 3.63) is 21.9 Å². The average Bonchev–Trinajstić information content (AvgIpc) is 2.78. The molecule has 4 heteroatoms. The number of aliphatic imine (C=N–C) groups is 1. The lowest BCUT2D eigenvalue weighted by molar-refractivity contribution is 0.273. The molecule has 3 nitrogen and oxygen atoms in total. The number of nitrogens with one attached hydrogen (secondary N) is 1. The molecule has 1 aromatic heterocycles. The lowest BCUT2D eigenvalue weighted by atomic mass is 10.00. The molecule has 1 fully saturated rings. The fourth-order valence-corrected chi connectivity index (χ4v) is 3.14. The van der Waals surface area contributed by atoms with E-state index in [1.807, 2.05) is 18.4 Å². The SMILES string of the molecule is CN=C(NCc1sccc1C)N1CCC(C)CC1. The maximum atomic E-state index is 4.40. The van der Waals surface area contributed by atoms with E-state index in [0.717, 1.165) is 31.5 Å². The Morgan fingerprint density at radius 1 is 1.50 bits per heavy atom. The van der Waals surface area contributed by atoms with Gasteiger partial charge in [0.2, 0.25) is 0 Å². The third-order valence-electron chi connectivity index (χ3n) is 3.67. The number of rotatable bonds is 2. The van der Waals surface area contributed by atoms with Crippen LogP contribution in [-0.4, -0.2) is 31.0 Å². The van der Waals surface area contributed by atoms with Gasteiger partial charge in [-0.25, -0.2) is 0 Å². The van der Waals surface area contributed by atoms with Gasteiger partial charge in [0.15, 0.2) is 5.96 Å². The maximum absolute atomic E-state index is 4.40. The van der Waals surface area contributed by atoms with Crippen molar-refractivity contribution < 1.29 is 0 Å². The molecule has 1 aliphatic rings. The molecule has 0 aromatic carbocycles. The van der Waals surface area contributed by atoms with Gasteiger partial charge >= 0.3 is 0 Å². The van der Waals surface area contributed by atoms with Crippen molar-refractivity contribution >= 4 is 17.3 Å². The maximum Gasteiger partial charge on any atom is 0.193 e. The molecule has 2 rings (SSSR count). The number of nitrogens with zero attached hydrogens (tertiary/aromatic N) is 2. The van der Waals surface area contributed by atoms with Gasteiger partial charge in [-0.2, -0.15) is 0 Å². The Kier molecular flexibility index (Phi) is 4.64. The molecule has 0 amide bonds. The highest BCUT2D eigenvalue weighted by molar-refractivity contribution is 7.10. The molecule has 1 N–H and O–H groups in total. The van der Waals surface area contributed by atoms with Crippen LogP contribution in [0.15, 0.2) is 16.4 Å². The number of hydrogen-bond donors (Lipinski definition) is 1. The average molecular weight is 265 g/mol. The van der Waals surface area contributed by atoms with Crippen molar-refractivity contribution in [1.82, 2.24) is 10.2 Å². The summed E-state index contributed by atoms with van der Waals surface area (Å²) in [7, 11) is 1.88. The standard InChI is InChI=1S/C14H23N3S/c1-11-4-7-17(8-5-11)14(15-3)16-10-13-12(2)6-9-18-13/h6,9,11H,4-5,7-8,10H2,1-3H3,(H,15,16). The summed E-state index contributed by atoms with van der Waals surface area (Å²) in [5.41, 5.74) is 1.37. The van der Waals surface area contributed by atoms with Gasteiger partial charge in [0.1, 0.15) is 0 Å². The van der Waals surface area contributed by atoms with E-state index in [9.17, 15) is 0 Å². The summed E-state index contributed by atoms with van der Waals surface area (Å²) in [5, 5.41) is 5.63. The molecule has 0 saturated carbocycles. The molecular weight excluding hydrogens is 242 g/mol. The highest BCUT2D eigenvalue weighted by atomic mass is 32.1. The molecule has 0 aliphatic carbocycles. The molecular formula is C14H23N3S. The number of hydrogen-bond acceptors (Lipinski definition) is 2. The van der Waals surface area contributed by atoms with Crippen molar-refractivity contribution in [2.24, 2.45) is 10.9 Å². The van der Waals surface area contributed by atoms with E-state index in [4.69, 9.17) is 0 Å². The van der Waals surface area contributed by atoms with E-state index in [1.54, 1.807) is 0 Å². The van der Waals surface area contributed by atoms with Crippen LogP contribution in [0.5, 0.6) is 0 Å². The number of piperidine rings is 1. The Labute approximate surface area is 114 Å². The summed E-state index contributed by atoms with van der Waals surface area (Å²) < 4.78 is 0. The van der Waals surface area contributed by atoms with Crippen LogP contribution < -0.4 is 5.32 Å². The first kappa shape index (κ1) is 13.4. The summed E-state index contributed by atoms with van der Waals surface area (Å²) in [5.74, 6) is 1.91. The zero-order valence-electron chi connectivity index (χ0n) is 11.6. The normalized spacial score (nSPS) is 18.2. The second-order valence-electron chi connectivity index (χ2n) is 5.10. The van der Waals surface area contributed by atoms with E-state index in [2.05, 4.69) is 40.5 Å². The Bertz CT molecular complexity index is 403. The molecule has 0 radical (unpaired) electrons. The Balaban J connectivity index is 1.88. The largest absolute Gasteiger partial charge is 0.351 e. The van der Waals surface area contributed by atoms with Crippen LogP contribution in [0.4, 0.5) is 0 Å². The van der Waals surface area contributed by atoms with Gasteiger partial charge in [-0.05, 0) is 42.7 Å². The first-order valence-corrected chi connectivity index (χ1v) is 7.57. The lowest BCUT2D eigenvalue weighted by Gasteiger charge is -2.32. The molecule has 100 valence electrons. The molecule has 0 bridgehead atoms. The quantitative estimate of drug-likeness (QED) is 0.658. The van der Waals surface area contributed by atoms with Gasteiger partial charge in [0, 0.05) is 25.0 Å². The van der Waals surface area contributed by atoms with E-state index in [1.165, 1.54) is 23.3 Å². The first-order valence-electron chi connectivity index (χ1n) is 6.69. The summed E-state index contributed by atoms with van der Waals surface area (Å²) in [6.45, 7) is 7.65. The lowest BCUT2D eigenvalue weighted by Crippen LogP contribution is -2.45. The minimum absolute atomic E-state index is 0.860. The highest BCUT2D eigenvalue weighted by Crippen LogP contribution is 2.17. The van der Waals surface area contributed by atoms with Gasteiger partial charge in [0.25, 0.3) is 0 Å². The topological polar surface area (TPSA) is 27.6 Å². The van der Waals surface area contributed by atoms with Gasteiger partial charge in [0.05, 0.1) is 6.54 Å². The van der Waals surface area contributed by atoms with Crippen molar-refractivity contribution in [3.8, 4) is 0 Å². The van der Waals surface area contributed by atoms with Crippen LogP contribution in [-0.2, 0) is 6.54 Å². The Morgan fingerprint density at radius 2 is 2.22 bits per heavy atom. The molecule has 1 aliphatic heterocycles. The number of thiophene rings is 1. The first-order chi connectivity index (χ1) is 8.70. The van der Waals surface area contributed by atoms with Crippen LogP contribution in [0, 0.1) is 12.8 Å². The number of guanidine groups is 1. The van der Waals surface area contributed by atoms with Crippen LogP contribution in [0.25, 0.3) is 0 Å². The molecule has 1 saturated heterocycles. The van der Waals surface area contributed by atoms with E-state index < -0.39 is 0 Å². The summed E-state index contributed by atoms with van der Waals surface area (Å²) in [6, 6.07) is 2.17. The fourth-order valence-electron chi connectivity index (χ4n) is 2.30. The predicted octanol–water partition coefficient (Wildman–Crippen LogP) is 2.86. The van der Waals surface area contributed by atoms with E-state index in [-0.39, 0.29) is 0 Å². The minimum Gasteiger partial charge on any atom is -0.351 e. The molecule has 1 aromatic rings. The van der Waals surface area contributed by atoms with E-state index in [0.29, 0.717) is 0 Å². The van der Waals surface area contributed by atoms with Crippen LogP contribution >= 0.6 is 11.3 Å². The third-order valence-corrected chi connectivity index (χ3v) is 4.69. The second kappa shape index (κ2) is 6.23. The van der Waals surface area contributed by atoms with Crippen molar-refractivity contribution in [3.63, 3.8) is 0 Å². The van der Waals surface area contributed by atoms with Crippen LogP contribution in [0.1, 0.15) is 30.2 Å². The molecule has 0 unspecified atom stereocenters. The third kappa shape index (κ3) is 3.25. The molecule has 0 spiro atoms. The van der Waals surface area contributed by atoms with E-state index >= 15 is 0 Å².